The molecule has 0 bridgehead atoms. The second-order valence-corrected chi connectivity index (χ2v) is 10.6. The molecule has 180 valence electrons. The number of morpholine rings is 1. The number of ether oxygens (including phenoxy) is 1. The number of carbonyl (C=O) groups is 1. The van der Waals surface area contributed by atoms with Crippen molar-refractivity contribution in [2.45, 2.75) is 43.5 Å². The minimum Gasteiger partial charge on any atom is -0.378 e. The molecule has 1 atom stereocenters. The van der Waals surface area contributed by atoms with Gasteiger partial charge < -0.3 is 15.0 Å². The van der Waals surface area contributed by atoms with Crippen molar-refractivity contribution >= 4 is 29.3 Å². The maximum absolute atomic E-state index is 14.0. The van der Waals surface area contributed by atoms with E-state index in [4.69, 9.17) is 4.74 Å². The fourth-order valence-corrected chi connectivity index (χ4v) is 4.52. The van der Waals surface area contributed by atoms with Gasteiger partial charge in [-0.2, -0.15) is 0 Å². The Bertz CT molecular complexity index is 1140. The van der Waals surface area contributed by atoms with E-state index >= 15 is 0 Å². The highest BCUT2D eigenvalue weighted by molar-refractivity contribution is 8.00. The van der Waals surface area contributed by atoms with Crippen LogP contribution in [0.1, 0.15) is 33.3 Å². The van der Waals surface area contributed by atoms with Crippen LogP contribution in [-0.4, -0.2) is 52.2 Å². The van der Waals surface area contributed by atoms with Gasteiger partial charge in [0.25, 0.3) is 0 Å². The van der Waals surface area contributed by atoms with E-state index in [1.165, 1.54) is 29.5 Å². The van der Waals surface area contributed by atoms with E-state index < -0.39 is 5.25 Å². The molecule has 1 saturated heterocycles. The quantitative estimate of drug-likeness (QED) is 0.514. The predicted molar refractivity (Wildman–Crippen MR) is 133 cm³/mol. The Labute approximate surface area is 203 Å². The zero-order valence-electron chi connectivity index (χ0n) is 19.9. The Morgan fingerprint density at radius 2 is 1.82 bits per heavy atom. The Morgan fingerprint density at radius 3 is 2.47 bits per heavy atom. The molecule has 0 spiro atoms. The van der Waals surface area contributed by atoms with Crippen LogP contribution >= 0.6 is 11.8 Å². The number of aromatic nitrogens is 3. The fourth-order valence-electron chi connectivity index (χ4n) is 3.66. The number of amides is 1. The number of halogens is 1. The molecular formula is C25H30FN5O2S. The van der Waals surface area contributed by atoms with E-state index in [-0.39, 0.29) is 17.1 Å². The summed E-state index contributed by atoms with van der Waals surface area (Å²) in [6.07, 6.45) is 0. The summed E-state index contributed by atoms with van der Waals surface area (Å²) in [4.78, 5) is 15.0. The number of nitrogens with zero attached hydrogens (tertiary/aromatic N) is 4. The molecule has 0 saturated carbocycles. The first-order valence-electron chi connectivity index (χ1n) is 11.3. The second-order valence-electron chi connectivity index (χ2n) is 9.27. The van der Waals surface area contributed by atoms with Gasteiger partial charge in [0.1, 0.15) is 5.82 Å². The van der Waals surface area contributed by atoms with E-state index in [2.05, 4.69) is 41.2 Å². The largest absolute Gasteiger partial charge is 0.378 e. The first kappa shape index (κ1) is 24.2. The molecule has 3 aromatic rings. The zero-order chi connectivity index (χ0) is 24.3. The molecular weight excluding hydrogens is 453 g/mol. The minimum atomic E-state index is -0.448. The summed E-state index contributed by atoms with van der Waals surface area (Å²) >= 11 is 1.29. The lowest BCUT2D eigenvalue weighted by Crippen LogP contribution is -2.38. The molecule has 1 aliphatic rings. The van der Waals surface area contributed by atoms with Crippen LogP contribution in [0.4, 0.5) is 16.0 Å². The monoisotopic (exact) mass is 483 g/mol. The SMILES string of the molecule is CC(Sc1nnc(N2CCOCC2)n1-c1cccc(F)c1)C(=O)Nc1ccc(C(C)(C)C)cc1. The highest BCUT2D eigenvalue weighted by Crippen LogP contribution is 2.31. The number of nitrogens with one attached hydrogen (secondary N) is 1. The highest BCUT2D eigenvalue weighted by Gasteiger charge is 2.25. The third-order valence-corrected chi connectivity index (χ3v) is 6.69. The number of thioether (sulfide) groups is 1. The van der Waals surface area contributed by atoms with Gasteiger partial charge in [-0.05, 0) is 48.2 Å². The Morgan fingerprint density at radius 1 is 1.12 bits per heavy atom. The Hall–Kier alpha value is -2.91. The molecule has 1 fully saturated rings. The fraction of sp³-hybridized carbons (Fsp3) is 0.400. The lowest BCUT2D eigenvalue weighted by molar-refractivity contribution is -0.115. The molecule has 1 unspecified atom stereocenters. The van der Waals surface area contributed by atoms with Gasteiger partial charge in [0.05, 0.1) is 24.2 Å². The summed E-state index contributed by atoms with van der Waals surface area (Å²) in [7, 11) is 0. The summed E-state index contributed by atoms with van der Waals surface area (Å²) in [5, 5.41) is 11.8. The lowest BCUT2D eigenvalue weighted by Gasteiger charge is -2.28. The topological polar surface area (TPSA) is 72.3 Å². The highest BCUT2D eigenvalue weighted by atomic mass is 32.2. The van der Waals surface area contributed by atoms with Crippen molar-refractivity contribution in [3.63, 3.8) is 0 Å². The van der Waals surface area contributed by atoms with Crippen LogP contribution in [0, 0.1) is 5.82 Å². The van der Waals surface area contributed by atoms with Crippen LogP contribution in [0.5, 0.6) is 0 Å². The summed E-state index contributed by atoms with van der Waals surface area (Å²) in [6, 6.07) is 14.2. The van der Waals surface area contributed by atoms with Gasteiger partial charge in [0.2, 0.25) is 11.9 Å². The van der Waals surface area contributed by atoms with Crippen molar-refractivity contribution in [3.8, 4) is 5.69 Å². The molecule has 9 heteroatoms. The van der Waals surface area contributed by atoms with E-state index in [1.54, 1.807) is 10.6 Å². The average molecular weight is 484 g/mol. The molecule has 2 aromatic carbocycles. The maximum Gasteiger partial charge on any atom is 0.237 e. The number of carbonyl (C=O) groups excluding carboxylic acids is 1. The molecule has 2 heterocycles. The van der Waals surface area contributed by atoms with Crippen LogP contribution in [-0.2, 0) is 14.9 Å². The summed E-state index contributed by atoms with van der Waals surface area (Å²) in [5.41, 5.74) is 2.60. The maximum atomic E-state index is 14.0. The number of anilines is 2. The first-order valence-corrected chi connectivity index (χ1v) is 12.2. The van der Waals surface area contributed by atoms with Gasteiger partial charge in [-0.1, -0.05) is 50.7 Å². The second kappa shape index (κ2) is 10.1. The van der Waals surface area contributed by atoms with E-state index in [0.717, 1.165) is 5.69 Å². The first-order chi connectivity index (χ1) is 16.2. The molecule has 1 aromatic heterocycles. The Balaban J connectivity index is 1.54. The summed E-state index contributed by atoms with van der Waals surface area (Å²) < 4.78 is 21.3. The summed E-state index contributed by atoms with van der Waals surface area (Å²) in [6.45, 7) is 10.8. The van der Waals surface area contributed by atoms with Gasteiger partial charge in [0.15, 0.2) is 5.16 Å². The van der Waals surface area contributed by atoms with Crippen molar-refractivity contribution in [1.29, 1.82) is 0 Å². The van der Waals surface area contributed by atoms with Crippen molar-refractivity contribution in [1.82, 2.24) is 14.8 Å². The van der Waals surface area contributed by atoms with Crippen molar-refractivity contribution < 1.29 is 13.9 Å². The third-order valence-electron chi connectivity index (χ3n) is 5.65. The van der Waals surface area contributed by atoms with Crippen LogP contribution in [0.3, 0.4) is 0 Å². The van der Waals surface area contributed by atoms with E-state index in [9.17, 15) is 9.18 Å². The van der Waals surface area contributed by atoms with Crippen LogP contribution < -0.4 is 10.2 Å². The number of hydrogen-bond acceptors (Lipinski definition) is 6. The molecule has 34 heavy (non-hydrogen) atoms. The average Bonchev–Trinajstić information content (AvgIpc) is 3.23. The minimum absolute atomic E-state index is 0.0465. The number of benzene rings is 2. The van der Waals surface area contributed by atoms with Crippen molar-refractivity contribution in [2.75, 3.05) is 36.5 Å². The van der Waals surface area contributed by atoms with Crippen molar-refractivity contribution in [3.05, 3.63) is 59.9 Å². The normalized spacial score (nSPS) is 15.3. The van der Waals surface area contributed by atoms with Gasteiger partial charge in [-0.25, -0.2) is 4.39 Å². The molecule has 0 aliphatic carbocycles. The third kappa shape index (κ3) is 5.59. The van der Waals surface area contributed by atoms with Crippen LogP contribution in [0.2, 0.25) is 0 Å². The molecule has 1 N–H and O–H groups in total. The van der Waals surface area contributed by atoms with Crippen LogP contribution in [0.15, 0.2) is 53.7 Å². The van der Waals surface area contributed by atoms with Gasteiger partial charge in [-0.15, -0.1) is 10.2 Å². The molecule has 0 radical (unpaired) electrons. The zero-order valence-corrected chi connectivity index (χ0v) is 20.7. The molecule has 7 nitrogen and oxygen atoms in total. The van der Waals surface area contributed by atoms with Gasteiger partial charge >= 0.3 is 0 Å². The number of rotatable bonds is 6. The molecule has 4 rings (SSSR count). The van der Waals surface area contributed by atoms with Gasteiger partial charge in [-0.3, -0.25) is 9.36 Å². The van der Waals surface area contributed by atoms with E-state index in [0.29, 0.717) is 43.1 Å². The molecule has 1 aliphatic heterocycles. The van der Waals surface area contributed by atoms with E-state index in [1.807, 2.05) is 37.3 Å². The predicted octanol–water partition coefficient (Wildman–Crippen LogP) is 4.66. The smallest absolute Gasteiger partial charge is 0.237 e. The number of hydrogen-bond donors (Lipinski definition) is 1. The summed E-state index contributed by atoms with van der Waals surface area (Å²) in [5.74, 6) is 0.122. The molecule has 1 amide bonds. The van der Waals surface area contributed by atoms with Gasteiger partial charge in [0, 0.05) is 18.8 Å². The standard InChI is InChI=1S/C25H30FN5O2S/c1-17(22(32)27-20-10-8-18(9-11-20)25(2,3)4)34-24-29-28-23(30-12-14-33-15-13-30)31(24)21-7-5-6-19(26)16-21/h5-11,16-17H,12-15H2,1-4H3,(H,27,32). The lowest BCUT2D eigenvalue weighted by atomic mass is 9.87. The van der Waals surface area contributed by atoms with Crippen LogP contribution in [0.25, 0.3) is 5.69 Å². The Kier molecular flexibility index (Phi) is 7.23. The van der Waals surface area contributed by atoms with Crippen molar-refractivity contribution in [2.24, 2.45) is 0 Å².